The average molecular weight is 213 g/mol. The quantitative estimate of drug-likeness (QED) is 0.541. The lowest BCUT2D eigenvalue weighted by Gasteiger charge is -2.14. The first-order chi connectivity index (χ1) is 7.29. The van der Waals surface area contributed by atoms with Gasteiger partial charge in [-0.1, -0.05) is 31.4 Å². The molecule has 1 N–H and O–H groups in total. The van der Waals surface area contributed by atoms with Crippen LogP contribution in [0.15, 0.2) is 10.3 Å². The Morgan fingerprint density at radius 1 is 1.40 bits per heavy atom. The molecule has 0 amide bonds. The number of nitrogens with one attached hydrogen (secondary N) is 1. The summed E-state index contributed by atoms with van der Waals surface area (Å²) in [5, 5.41) is 7.71. The molecule has 2 atom stereocenters. The number of rotatable bonds is 6. The summed E-state index contributed by atoms with van der Waals surface area (Å²) >= 11 is 0. The van der Waals surface area contributed by atoms with Crippen LogP contribution in [0.3, 0.4) is 0 Å². The van der Waals surface area contributed by atoms with Crippen LogP contribution in [0.5, 0.6) is 0 Å². The minimum atomic E-state index is -0.373. The van der Waals surface area contributed by atoms with Gasteiger partial charge >= 0.3 is 5.97 Å². The van der Waals surface area contributed by atoms with Crippen LogP contribution >= 0.6 is 0 Å². The van der Waals surface area contributed by atoms with Crippen molar-refractivity contribution >= 4 is 5.97 Å². The summed E-state index contributed by atoms with van der Waals surface area (Å²) in [7, 11) is 0. The van der Waals surface area contributed by atoms with Gasteiger partial charge in [0.1, 0.15) is 6.04 Å². The van der Waals surface area contributed by atoms with E-state index < -0.39 is 0 Å². The summed E-state index contributed by atoms with van der Waals surface area (Å²) in [5.41, 5.74) is 2.70. The first kappa shape index (κ1) is 11.9. The standard InChI is InChI=1S/C10H19N3O2/c1-3-5-6-7-8-9(12-13-11-8)10(14)15-4-2/h8-9H,3-7H2,1-2H3,(H,11,12). The fourth-order valence-electron chi connectivity index (χ4n) is 1.59. The zero-order valence-electron chi connectivity index (χ0n) is 9.40. The molecular formula is C10H19N3O2. The van der Waals surface area contributed by atoms with Gasteiger partial charge < -0.3 is 4.74 Å². The fraction of sp³-hybridized carbons (Fsp3) is 0.900. The van der Waals surface area contributed by atoms with Gasteiger partial charge in [0.15, 0.2) is 6.04 Å². The lowest BCUT2D eigenvalue weighted by atomic mass is 10.0. The highest BCUT2D eigenvalue weighted by molar-refractivity contribution is 5.76. The molecule has 1 rings (SSSR count). The van der Waals surface area contributed by atoms with Gasteiger partial charge in [0.25, 0.3) is 0 Å². The van der Waals surface area contributed by atoms with Crippen LogP contribution in [0.2, 0.25) is 0 Å². The Balaban J connectivity index is 2.34. The van der Waals surface area contributed by atoms with Crippen molar-refractivity contribution in [2.75, 3.05) is 6.61 Å². The molecule has 0 aromatic heterocycles. The van der Waals surface area contributed by atoms with Crippen LogP contribution in [0.4, 0.5) is 0 Å². The van der Waals surface area contributed by atoms with Crippen molar-refractivity contribution in [3.05, 3.63) is 0 Å². The topological polar surface area (TPSA) is 63.0 Å². The van der Waals surface area contributed by atoms with E-state index in [2.05, 4.69) is 22.7 Å². The van der Waals surface area contributed by atoms with E-state index in [9.17, 15) is 4.79 Å². The van der Waals surface area contributed by atoms with Gasteiger partial charge in [-0.05, 0) is 13.3 Å². The van der Waals surface area contributed by atoms with E-state index in [0.29, 0.717) is 6.61 Å². The van der Waals surface area contributed by atoms with Crippen molar-refractivity contribution in [3.63, 3.8) is 0 Å². The summed E-state index contributed by atoms with van der Waals surface area (Å²) in [6.07, 6.45) is 4.31. The first-order valence-corrected chi connectivity index (χ1v) is 5.61. The Morgan fingerprint density at radius 2 is 2.20 bits per heavy atom. The zero-order chi connectivity index (χ0) is 11.1. The molecule has 5 nitrogen and oxygen atoms in total. The highest BCUT2D eigenvalue weighted by Gasteiger charge is 2.32. The maximum atomic E-state index is 11.5. The van der Waals surface area contributed by atoms with Crippen molar-refractivity contribution in [2.45, 2.75) is 51.6 Å². The van der Waals surface area contributed by atoms with Crippen LogP contribution in [0, 0.1) is 0 Å². The van der Waals surface area contributed by atoms with E-state index in [-0.39, 0.29) is 18.1 Å². The Hall–Kier alpha value is -1.13. The SMILES string of the molecule is CCCCCC1N=NNC1C(=O)OCC. The van der Waals surface area contributed by atoms with Crippen molar-refractivity contribution in [2.24, 2.45) is 10.3 Å². The Kier molecular flexibility index (Phi) is 5.07. The molecular weight excluding hydrogens is 194 g/mol. The van der Waals surface area contributed by atoms with E-state index in [4.69, 9.17) is 4.74 Å². The zero-order valence-corrected chi connectivity index (χ0v) is 9.40. The molecule has 0 aromatic carbocycles. The smallest absolute Gasteiger partial charge is 0.332 e. The van der Waals surface area contributed by atoms with Gasteiger partial charge in [0.2, 0.25) is 0 Å². The number of nitrogens with zero attached hydrogens (tertiary/aromatic N) is 2. The molecule has 0 radical (unpaired) electrons. The second-order valence-electron chi connectivity index (χ2n) is 3.64. The lowest BCUT2D eigenvalue weighted by Crippen LogP contribution is -2.39. The molecule has 15 heavy (non-hydrogen) atoms. The molecule has 0 saturated heterocycles. The van der Waals surface area contributed by atoms with Crippen molar-refractivity contribution in [1.29, 1.82) is 0 Å². The van der Waals surface area contributed by atoms with Crippen molar-refractivity contribution in [1.82, 2.24) is 5.43 Å². The molecule has 1 aliphatic heterocycles. The van der Waals surface area contributed by atoms with Gasteiger partial charge in [0.05, 0.1) is 6.61 Å². The van der Waals surface area contributed by atoms with E-state index in [1.165, 1.54) is 12.8 Å². The van der Waals surface area contributed by atoms with E-state index in [1.807, 2.05) is 0 Å². The summed E-state index contributed by atoms with van der Waals surface area (Å²) in [4.78, 5) is 11.5. The maximum Gasteiger partial charge on any atom is 0.332 e. The Morgan fingerprint density at radius 3 is 2.87 bits per heavy atom. The highest BCUT2D eigenvalue weighted by atomic mass is 16.5. The average Bonchev–Trinajstić information content (AvgIpc) is 2.67. The molecule has 1 heterocycles. The highest BCUT2D eigenvalue weighted by Crippen LogP contribution is 2.16. The number of hydrogen-bond donors (Lipinski definition) is 1. The van der Waals surface area contributed by atoms with Gasteiger partial charge in [0, 0.05) is 0 Å². The largest absolute Gasteiger partial charge is 0.464 e. The molecule has 0 saturated carbocycles. The summed E-state index contributed by atoms with van der Waals surface area (Å²) < 4.78 is 4.94. The number of carbonyl (C=O) groups excluding carboxylic acids is 1. The second kappa shape index (κ2) is 6.37. The summed E-state index contributed by atoms with van der Waals surface area (Å²) in [5.74, 6) is -0.246. The van der Waals surface area contributed by atoms with E-state index in [1.54, 1.807) is 6.92 Å². The molecule has 0 aromatic rings. The van der Waals surface area contributed by atoms with E-state index in [0.717, 1.165) is 12.8 Å². The predicted molar refractivity (Wildman–Crippen MR) is 56.3 cm³/mol. The number of carbonyl (C=O) groups is 1. The molecule has 0 bridgehead atoms. The second-order valence-corrected chi connectivity index (χ2v) is 3.64. The summed E-state index contributed by atoms with van der Waals surface area (Å²) in [6.45, 7) is 4.35. The van der Waals surface area contributed by atoms with Crippen LogP contribution in [-0.2, 0) is 9.53 Å². The van der Waals surface area contributed by atoms with E-state index >= 15 is 0 Å². The number of unbranched alkanes of at least 4 members (excludes halogenated alkanes) is 2. The molecule has 2 unspecified atom stereocenters. The molecule has 86 valence electrons. The minimum Gasteiger partial charge on any atom is -0.464 e. The lowest BCUT2D eigenvalue weighted by molar-refractivity contribution is -0.145. The van der Waals surface area contributed by atoms with Crippen LogP contribution in [0.1, 0.15) is 39.5 Å². The van der Waals surface area contributed by atoms with Gasteiger partial charge in [-0.15, -0.1) is 0 Å². The third-order valence-electron chi connectivity index (χ3n) is 2.43. The number of hydrogen-bond acceptors (Lipinski definition) is 5. The third-order valence-corrected chi connectivity index (χ3v) is 2.43. The normalized spacial score (nSPS) is 23.9. The van der Waals surface area contributed by atoms with Crippen molar-refractivity contribution < 1.29 is 9.53 Å². The monoisotopic (exact) mass is 213 g/mol. The molecule has 5 heteroatoms. The third kappa shape index (κ3) is 3.49. The summed E-state index contributed by atoms with van der Waals surface area (Å²) in [6, 6.07) is -0.419. The number of ether oxygens (including phenoxy) is 1. The Bertz CT molecular complexity index is 231. The molecule has 0 aliphatic carbocycles. The maximum absolute atomic E-state index is 11.5. The van der Waals surface area contributed by atoms with Gasteiger partial charge in [-0.25, -0.2) is 4.79 Å². The fourth-order valence-corrected chi connectivity index (χ4v) is 1.59. The van der Waals surface area contributed by atoms with Crippen LogP contribution in [-0.4, -0.2) is 24.7 Å². The molecule has 0 spiro atoms. The molecule has 0 fully saturated rings. The predicted octanol–water partition coefficient (Wildman–Crippen LogP) is 1.84. The van der Waals surface area contributed by atoms with Crippen LogP contribution in [0.25, 0.3) is 0 Å². The van der Waals surface area contributed by atoms with Crippen molar-refractivity contribution in [3.8, 4) is 0 Å². The first-order valence-electron chi connectivity index (χ1n) is 5.61. The number of esters is 1. The Labute approximate surface area is 90.3 Å². The van der Waals surface area contributed by atoms with Gasteiger partial charge in [-0.2, -0.15) is 5.11 Å². The minimum absolute atomic E-state index is 0.0457. The van der Waals surface area contributed by atoms with Crippen LogP contribution < -0.4 is 5.43 Å². The van der Waals surface area contributed by atoms with Gasteiger partial charge in [-0.3, -0.25) is 5.43 Å². The molecule has 1 aliphatic rings.